The molecule has 3 aromatic rings. The van der Waals surface area contributed by atoms with Gasteiger partial charge in [-0.25, -0.2) is 0 Å². The van der Waals surface area contributed by atoms with Crippen molar-refractivity contribution in [2.45, 2.75) is 0 Å². The fourth-order valence-corrected chi connectivity index (χ4v) is 2.45. The average molecular weight is 302 g/mol. The minimum atomic E-state index is -0.387. The highest BCUT2D eigenvalue weighted by atomic mass is 16.5. The van der Waals surface area contributed by atoms with Gasteiger partial charge in [0.15, 0.2) is 0 Å². The number of hydrogen-bond donors (Lipinski definition) is 1. The van der Waals surface area contributed by atoms with Gasteiger partial charge >= 0.3 is 0 Å². The Morgan fingerprint density at radius 2 is 1.78 bits per heavy atom. The first-order chi connectivity index (χ1) is 11.2. The summed E-state index contributed by atoms with van der Waals surface area (Å²) in [5.74, 6) is 0.760. The van der Waals surface area contributed by atoms with Crippen molar-refractivity contribution >= 4 is 0 Å². The Bertz CT molecular complexity index is 938. The van der Waals surface area contributed by atoms with Crippen LogP contribution in [0.25, 0.3) is 22.4 Å². The molecule has 0 aliphatic heterocycles. The van der Waals surface area contributed by atoms with E-state index in [1.807, 2.05) is 54.6 Å². The monoisotopic (exact) mass is 302 g/mol. The number of nitrogens with zero attached hydrogens (tertiary/aromatic N) is 1. The van der Waals surface area contributed by atoms with E-state index < -0.39 is 0 Å². The molecule has 0 radical (unpaired) electrons. The third-order valence-corrected chi connectivity index (χ3v) is 3.63. The van der Waals surface area contributed by atoms with E-state index >= 15 is 0 Å². The molecular formula is C19H14N2O2. The van der Waals surface area contributed by atoms with Crippen LogP contribution in [-0.4, -0.2) is 12.1 Å². The number of aromatic nitrogens is 1. The highest BCUT2D eigenvalue weighted by Gasteiger charge is 2.09. The summed E-state index contributed by atoms with van der Waals surface area (Å²) < 4.78 is 5.44. The molecular weight excluding hydrogens is 288 g/mol. The second-order valence-corrected chi connectivity index (χ2v) is 5.01. The Kier molecular flexibility index (Phi) is 3.94. The summed E-state index contributed by atoms with van der Waals surface area (Å²) in [5.41, 5.74) is 3.20. The van der Waals surface area contributed by atoms with Crippen molar-refractivity contribution in [2.75, 3.05) is 7.11 Å². The molecule has 0 bridgehead atoms. The molecule has 0 fully saturated rings. The number of pyridine rings is 1. The van der Waals surface area contributed by atoms with Gasteiger partial charge in [-0.1, -0.05) is 30.3 Å². The zero-order valence-corrected chi connectivity index (χ0v) is 12.5. The number of methoxy groups -OCH3 is 1. The molecule has 1 N–H and O–H groups in total. The minimum Gasteiger partial charge on any atom is -0.496 e. The molecule has 0 unspecified atom stereocenters. The van der Waals surface area contributed by atoms with Crippen LogP contribution in [0.5, 0.6) is 5.75 Å². The molecule has 0 saturated heterocycles. The van der Waals surface area contributed by atoms with Crippen LogP contribution in [0.15, 0.2) is 65.5 Å². The van der Waals surface area contributed by atoms with E-state index in [0.29, 0.717) is 5.69 Å². The molecule has 2 aromatic carbocycles. The molecule has 0 atom stereocenters. The number of nitriles is 1. The maximum absolute atomic E-state index is 11.8. The average Bonchev–Trinajstić information content (AvgIpc) is 2.62. The SMILES string of the molecule is COc1ccc(-c2ccc(C#N)c(=O)[nH]2)cc1-c1ccccc1. The molecule has 4 nitrogen and oxygen atoms in total. The number of H-pyrrole nitrogens is 1. The second-order valence-electron chi connectivity index (χ2n) is 5.01. The molecule has 0 spiro atoms. The minimum absolute atomic E-state index is 0.102. The van der Waals surface area contributed by atoms with Gasteiger partial charge < -0.3 is 9.72 Å². The van der Waals surface area contributed by atoms with Crippen molar-refractivity contribution in [1.29, 1.82) is 5.26 Å². The van der Waals surface area contributed by atoms with Gasteiger partial charge in [-0.3, -0.25) is 4.79 Å². The summed E-state index contributed by atoms with van der Waals surface area (Å²) in [6, 6.07) is 20.7. The van der Waals surface area contributed by atoms with Gasteiger partial charge in [0.05, 0.1) is 7.11 Å². The van der Waals surface area contributed by atoms with E-state index in [0.717, 1.165) is 22.4 Å². The fourth-order valence-electron chi connectivity index (χ4n) is 2.45. The lowest BCUT2D eigenvalue weighted by Gasteiger charge is -2.11. The first kappa shape index (κ1) is 14.6. The lowest BCUT2D eigenvalue weighted by molar-refractivity contribution is 0.416. The zero-order chi connectivity index (χ0) is 16.2. The van der Waals surface area contributed by atoms with E-state index in [1.165, 1.54) is 6.07 Å². The van der Waals surface area contributed by atoms with Crippen LogP contribution in [0, 0.1) is 11.3 Å². The molecule has 4 heteroatoms. The smallest absolute Gasteiger partial charge is 0.266 e. The zero-order valence-electron chi connectivity index (χ0n) is 12.5. The number of ether oxygens (including phenoxy) is 1. The quantitative estimate of drug-likeness (QED) is 0.804. The summed E-state index contributed by atoms with van der Waals surface area (Å²) in [5, 5.41) is 8.85. The predicted octanol–water partition coefficient (Wildman–Crippen LogP) is 3.59. The number of hydrogen-bond acceptors (Lipinski definition) is 3. The lowest BCUT2D eigenvalue weighted by Crippen LogP contribution is -2.10. The maximum atomic E-state index is 11.8. The van der Waals surface area contributed by atoms with Crippen molar-refractivity contribution < 1.29 is 4.74 Å². The van der Waals surface area contributed by atoms with Crippen LogP contribution in [0.3, 0.4) is 0 Å². The molecule has 3 rings (SSSR count). The van der Waals surface area contributed by atoms with Crippen molar-refractivity contribution in [3.05, 3.63) is 76.6 Å². The third-order valence-electron chi connectivity index (χ3n) is 3.63. The summed E-state index contributed by atoms with van der Waals surface area (Å²) in [7, 11) is 1.63. The molecule has 0 aliphatic carbocycles. The van der Waals surface area contributed by atoms with Crippen molar-refractivity contribution in [2.24, 2.45) is 0 Å². The summed E-state index contributed by atoms with van der Waals surface area (Å²) in [6.07, 6.45) is 0. The number of aromatic amines is 1. The van der Waals surface area contributed by atoms with Gasteiger partial charge in [-0.2, -0.15) is 5.26 Å². The van der Waals surface area contributed by atoms with Gasteiger partial charge in [0.25, 0.3) is 5.56 Å². The highest BCUT2D eigenvalue weighted by Crippen LogP contribution is 2.33. The lowest BCUT2D eigenvalue weighted by atomic mass is 10.00. The van der Waals surface area contributed by atoms with Crippen LogP contribution >= 0.6 is 0 Å². The molecule has 112 valence electrons. The van der Waals surface area contributed by atoms with Crippen LogP contribution in [0.2, 0.25) is 0 Å². The second kappa shape index (κ2) is 6.20. The Balaban J connectivity index is 2.14. The standard InChI is InChI=1S/C19H14N2O2/c1-23-18-10-8-14(11-16(18)13-5-3-2-4-6-13)17-9-7-15(12-20)19(22)21-17/h2-11H,1H3,(H,21,22). The van der Waals surface area contributed by atoms with Crippen LogP contribution in [0.1, 0.15) is 5.56 Å². The van der Waals surface area contributed by atoms with E-state index in [-0.39, 0.29) is 11.1 Å². The van der Waals surface area contributed by atoms with Crippen LogP contribution in [0.4, 0.5) is 0 Å². The molecule has 23 heavy (non-hydrogen) atoms. The third kappa shape index (κ3) is 2.85. The normalized spacial score (nSPS) is 10.1. The van der Waals surface area contributed by atoms with E-state index in [4.69, 9.17) is 10.00 Å². The fraction of sp³-hybridized carbons (Fsp3) is 0.0526. The molecule has 1 aromatic heterocycles. The van der Waals surface area contributed by atoms with E-state index in [1.54, 1.807) is 13.2 Å². The van der Waals surface area contributed by atoms with Crippen LogP contribution < -0.4 is 10.3 Å². The largest absolute Gasteiger partial charge is 0.496 e. The topological polar surface area (TPSA) is 65.9 Å². The highest BCUT2D eigenvalue weighted by molar-refractivity contribution is 5.76. The Hall–Kier alpha value is -3.32. The van der Waals surface area contributed by atoms with Gasteiger partial charge in [0.1, 0.15) is 17.4 Å². The molecule has 0 saturated carbocycles. The van der Waals surface area contributed by atoms with Crippen molar-refractivity contribution in [1.82, 2.24) is 4.98 Å². The summed E-state index contributed by atoms with van der Waals surface area (Å²) >= 11 is 0. The first-order valence-electron chi connectivity index (χ1n) is 7.10. The predicted molar refractivity (Wildman–Crippen MR) is 89.2 cm³/mol. The Labute approximate surface area is 133 Å². The number of benzene rings is 2. The number of nitrogens with one attached hydrogen (secondary N) is 1. The maximum Gasteiger partial charge on any atom is 0.266 e. The first-order valence-corrected chi connectivity index (χ1v) is 7.10. The van der Waals surface area contributed by atoms with Crippen molar-refractivity contribution in [3.63, 3.8) is 0 Å². The summed E-state index contributed by atoms with van der Waals surface area (Å²) in [6.45, 7) is 0. The van der Waals surface area contributed by atoms with E-state index in [2.05, 4.69) is 4.98 Å². The van der Waals surface area contributed by atoms with Crippen LogP contribution in [-0.2, 0) is 0 Å². The van der Waals surface area contributed by atoms with Crippen molar-refractivity contribution in [3.8, 4) is 34.2 Å². The van der Waals surface area contributed by atoms with Gasteiger partial charge in [-0.05, 0) is 41.5 Å². The molecule has 0 aliphatic rings. The molecule has 1 heterocycles. The Morgan fingerprint density at radius 3 is 2.43 bits per heavy atom. The summed E-state index contributed by atoms with van der Waals surface area (Å²) in [4.78, 5) is 14.6. The van der Waals surface area contributed by atoms with E-state index in [9.17, 15) is 4.79 Å². The molecule has 0 amide bonds. The van der Waals surface area contributed by atoms with Gasteiger partial charge in [-0.15, -0.1) is 0 Å². The Morgan fingerprint density at radius 1 is 1.00 bits per heavy atom. The number of rotatable bonds is 3. The van der Waals surface area contributed by atoms with Gasteiger partial charge in [0, 0.05) is 11.3 Å². The van der Waals surface area contributed by atoms with Gasteiger partial charge in [0.2, 0.25) is 0 Å².